The molecule has 0 amide bonds. The van der Waals surface area contributed by atoms with Gasteiger partial charge in [-0.15, -0.1) is 0 Å². The summed E-state index contributed by atoms with van der Waals surface area (Å²) < 4.78 is 25.7. The monoisotopic (exact) mass is 269 g/mol. The molecular formula is C13H19NO3S. The number of benzene rings is 1. The smallest absolute Gasteiger partial charge is 0.233 e. The van der Waals surface area contributed by atoms with Gasteiger partial charge in [0.05, 0.1) is 0 Å². The summed E-state index contributed by atoms with van der Waals surface area (Å²) in [7, 11) is -3.36. The van der Waals surface area contributed by atoms with Crippen molar-refractivity contribution in [2.24, 2.45) is 0 Å². The largest absolute Gasteiger partial charge is 0.396 e. The fourth-order valence-corrected chi connectivity index (χ4v) is 2.27. The first kappa shape index (κ1) is 14.9. The van der Waals surface area contributed by atoms with E-state index in [2.05, 4.69) is 4.72 Å². The molecule has 2 N–H and O–H groups in total. The molecule has 0 unspecified atom stereocenters. The van der Waals surface area contributed by atoms with Crippen LogP contribution in [-0.4, -0.2) is 26.7 Å². The molecule has 18 heavy (non-hydrogen) atoms. The Morgan fingerprint density at radius 3 is 2.50 bits per heavy atom. The van der Waals surface area contributed by atoms with Crippen molar-refractivity contribution >= 4 is 16.1 Å². The van der Waals surface area contributed by atoms with Crippen LogP contribution in [0.15, 0.2) is 35.7 Å². The molecule has 0 aliphatic carbocycles. The molecule has 0 bridgehead atoms. The summed E-state index contributed by atoms with van der Waals surface area (Å²) in [6, 6.07) is 9.27. The Balaban J connectivity index is 2.38. The zero-order chi connectivity index (χ0) is 13.3. The molecule has 1 aromatic carbocycles. The highest BCUT2D eigenvalue weighted by atomic mass is 32.2. The van der Waals surface area contributed by atoms with Crippen LogP contribution in [0, 0.1) is 0 Å². The average Bonchev–Trinajstić information content (AvgIpc) is 2.38. The van der Waals surface area contributed by atoms with Gasteiger partial charge in [0.2, 0.25) is 10.0 Å². The summed E-state index contributed by atoms with van der Waals surface area (Å²) in [5.74, 6) is 0. The summed E-state index contributed by atoms with van der Waals surface area (Å²) in [5.41, 5.74) is 0.850. The minimum atomic E-state index is -3.36. The first-order valence-electron chi connectivity index (χ1n) is 5.98. The number of hydrogen-bond acceptors (Lipinski definition) is 3. The van der Waals surface area contributed by atoms with Gasteiger partial charge in [-0.05, 0) is 30.9 Å². The third-order valence-corrected chi connectivity index (χ3v) is 3.48. The third kappa shape index (κ3) is 6.54. The zero-order valence-corrected chi connectivity index (χ0v) is 11.1. The molecule has 0 fully saturated rings. The zero-order valence-electron chi connectivity index (χ0n) is 10.2. The lowest BCUT2D eigenvalue weighted by molar-refractivity contribution is 0.283. The molecule has 1 aromatic rings. The Bertz CT molecular complexity index is 454. The van der Waals surface area contributed by atoms with Crippen molar-refractivity contribution in [3.05, 3.63) is 41.3 Å². The Morgan fingerprint density at radius 2 is 1.83 bits per heavy atom. The van der Waals surface area contributed by atoms with Gasteiger partial charge in [0.25, 0.3) is 0 Å². The Labute approximate surface area is 108 Å². The molecular weight excluding hydrogens is 250 g/mol. The van der Waals surface area contributed by atoms with Crippen molar-refractivity contribution < 1.29 is 13.5 Å². The van der Waals surface area contributed by atoms with Gasteiger partial charge in [0.1, 0.15) is 0 Å². The highest BCUT2D eigenvalue weighted by Gasteiger charge is 2.03. The summed E-state index contributed by atoms with van der Waals surface area (Å²) in [6.45, 7) is 0.558. The van der Waals surface area contributed by atoms with Gasteiger partial charge >= 0.3 is 0 Å². The van der Waals surface area contributed by atoms with Gasteiger partial charge < -0.3 is 5.11 Å². The van der Waals surface area contributed by atoms with Crippen molar-refractivity contribution in [1.29, 1.82) is 0 Å². The molecule has 0 aliphatic rings. The van der Waals surface area contributed by atoms with Crippen LogP contribution in [0.5, 0.6) is 0 Å². The highest BCUT2D eigenvalue weighted by molar-refractivity contribution is 7.92. The molecule has 1 rings (SSSR count). The Hall–Kier alpha value is -1.17. The SMILES string of the molecule is O=S(=O)(/C=C/c1ccccc1)NCCCCCO. The number of hydrogen-bond donors (Lipinski definition) is 2. The molecule has 5 heteroatoms. The van der Waals surface area contributed by atoms with Gasteiger partial charge in [-0.3, -0.25) is 0 Å². The number of unbranched alkanes of at least 4 members (excludes halogenated alkanes) is 2. The minimum absolute atomic E-state index is 0.153. The highest BCUT2D eigenvalue weighted by Crippen LogP contribution is 2.03. The second-order valence-corrected chi connectivity index (χ2v) is 5.59. The van der Waals surface area contributed by atoms with E-state index in [-0.39, 0.29) is 6.61 Å². The van der Waals surface area contributed by atoms with Crippen LogP contribution >= 0.6 is 0 Å². The topological polar surface area (TPSA) is 66.4 Å². The van der Waals surface area contributed by atoms with Crippen molar-refractivity contribution in [3.8, 4) is 0 Å². The van der Waals surface area contributed by atoms with Crippen LogP contribution in [0.1, 0.15) is 24.8 Å². The van der Waals surface area contributed by atoms with Crippen molar-refractivity contribution in [3.63, 3.8) is 0 Å². The van der Waals surface area contributed by atoms with Gasteiger partial charge in [-0.25, -0.2) is 13.1 Å². The maximum absolute atomic E-state index is 11.6. The van der Waals surface area contributed by atoms with Crippen LogP contribution in [0.2, 0.25) is 0 Å². The number of sulfonamides is 1. The summed E-state index contributed by atoms with van der Waals surface area (Å²) in [6.07, 6.45) is 3.83. The lowest BCUT2D eigenvalue weighted by atomic mass is 10.2. The van der Waals surface area contributed by atoms with Gasteiger partial charge in [0, 0.05) is 18.6 Å². The molecule has 0 aromatic heterocycles. The van der Waals surface area contributed by atoms with E-state index in [9.17, 15) is 8.42 Å². The molecule has 0 radical (unpaired) electrons. The maximum Gasteiger partial charge on any atom is 0.233 e. The second-order valence-electron chi connectivity index (χ2n) is 3.94. The van der Waals surface area contributed by atoms with Gasteiger partial charge in [-0.2, -0.15) is 0 Å². The van der Waals surface area contributed by atoms with E-state index in [0.29, 0.717) is 13.0 Å². The van der Waals surface area contributed by atoms with E-state index >= 15 is 0 Å². The number of nitrogens with one attached hydrogen (secondary N) is 1. The van der Waals surface area contributed by atoms with Crippen LogP contribution in [0.4, 0.5) is 0 Å². The van der Waals surface area contributed by atoms with Crippen molar-refractivity contribution in [2.45, 2.75) is 19.3 Å². The average molecular weight is 269 g/mol. The molecule has 0 aliphatic heterocycles. The fourth-order valence-electron chi connectivity index (χ4n) is 1.41. The van der Waals surface area contributed by atoms with Crippen molar-refractivity contribution in [1.82, 2.24) is 4.72 Å². The lowest BCUT2D eigenvalue weighted by Crippen LogP contribution is -2.22. The number of aliphatic hydroxyl groups excluding tert-OH is 1. The molecule has 0 atom stereocenters. The third-order valence-electron chi connectivity index (χ3n) is 2.38. The van der Waals surface area contributed by atoms with E-state index in [1.165, 1.54) is 5.41 Å². The van der Waals surface area contributed by atoms with Crippen LogP contribution in [-0.2, 0) is 10.0 Å². The Kier molecular flexibility index (Phi) is 6.64. The predicted molar refractivity (Wildman–Crippen MR) is 73.3 cm³/mol. The summed E-state index contributed by atoms with van der Waals surface area (Å²) in [4.78, 5) is 0. The summed E-state index contributed by atoms with van der Waals surface area (Å²) >= 11 is 0. The second kappa shape index (κ2) is 8.02. The standard InChI is InChI=1S/C13H19NO3S/c15-11-6-2-5-10-14-18(16,17)12-9-13-7-3-1-4-8-13/h1,3-4,7-9,12,14-15H,2,5-6,10-11H2/b12-9+. The first-order valence-corrected chi connectivity index (χ1v) is 7.52. The normalized spacial score (nSPS) is 12.1. The van der Waals surface area contributed by atoms with Gasteiger partial charge in [0.15, 0.2) is 0 Å². The molecule has 0 spiro atoms. The van der Waals surface area contributed by atoms with E-state index in [1.807, 2.05) is 30.3 Å². The number of rotatable bonds is 8. The van der Waals surface area contributed by atoms with Crippen molar-refractivity contribution in [2.75, 3.05) is 13.2 Å². The fraction of sp³-hybridized carbons (Fsp3) is 0.385. The minimum Gasteiger partial charge on any atom is -0.396 e. The maximum atomic E-state index is 11.6. The predicted octanol–water partition coefficient (Wildman–Crippen LogP) is 1.74. The van der Waals surface area contributed by atoms with Crippen LogP contribution in [0.25, 0.3) is 6.08 Å². The molecule has 100 valence electrons. The summed E-state index contributed by atoms with van der Waals surface area (Å²) in [5, 5.41) is 9.76. The molecule has 0 saturated carbocycles. The molecule has 0 heterocycles. The molecule has 4 nitrogen and oxygen atoms in total. The number of aliphatic hydroxyl groups is 1. The Morgan fingerprint density at radius 1 is 1.11 bits per heavy atom. The van der Waals surface area contributed by atoms with E-state index < -0.39 is 10.0 Å². The van der Waals surface area contributed by atoms with E-state index in [0.717, 1.165) is 18.4 Å². The lowest BCUT2D eigenvalue weighted by Gasteiger charge is -2.02. The van der Waals surface area contributed by atoms with E-state index in [4.69, 9.17) is 5.11 Å². The quantitative estimate of drug-likeness (QED) is 0.706. The van der Waals surface area contributed by atoms with Gasteiger partial charge in [-0.1, -0.05) is 30.3 Å². The molecule has 0 saturated heterocycles. The van der Waals surface area contributed by atoms with E-state index in [1.54, 1.807) is 6.08 Å². The first-order chi connectivity index (χ1) is 8.64. The van der Waals surface area contributed by atoms with Crippen LogP contribution in [0.3, 0.4) is 0 Å². The van der Waals surface area contributed by atoms with Crippen LogP contribution < -0.4 is 4.72 Å².